The van der Waals surface area contributed by atoms with Gasteiger partial charge in [0, 0.05) is 17.9 Å². The first kappa shape index (κ1) is 25.4. The number of hydrogen-bond donors (Lipinski definition) is 0. The highest BCUT2D eigenvalue weighted by Crippen LogP contribution is 2.31. The van der Waals surface area contributed by atoms with Crippen LogP contribution in [0, 0.1) is 17.0 Å². The third kappa shape index (κ3) is 5.26. The van der Waals surface area contributed by atoms with Crippen molar-refractivity contribution >= 4 is 45.0 Å². The fraction of sp³-hybridized carbons (Fsp3) is 0.240. The lowest BCUT2D eigenvalue weighted by atomic mass is 10.2. The number of nitro benzene ring substituents is 1. The number of nitro groups is 1. The van der Waals surface area contributed by atoms with Crippen LogP contribution in [0.15, 0.2) is 58.5 Å². The molecule has 0 aliphatic heterocycles. The molecule has 0 aliphatic rings. The predicted molar refractivity (Wildman–Crippen MR) is 139 cm³/mol. The number of nitrogens with zero attached hydrogens (tertiary/aromatic N) is 3. The number of fused-ring (bicyclic) bond motifs is 1. The number of ether oxygens (including phenoxy) is 2. The van der Waals surface area contributed by atoms with E-state index in [9.17, 15) is 19.7 Å². The summed E-state index contributed by atoms with van der Waals surface area (Å²) in [7, 11) is 1.58. The van der Waals surface area contributed by atoms with Crippen LogP contribution in [0.4, 0.5) is 5.69 Å². The molecule has 0 amide bonds. The molecule has 2 aromatic heterocycles. The van der Waals surface area contributed by atoms with Crippen molar-refractivity contribution in [2.24, 2.45) is 0 Å². The van der Waals surface area contributed by atoms with E-state index >= 15 is 0 Å². The molecule has 186 valence electrons. The van der Waals surface area contributed by atoms with Crippen molar-refractivity contribution in [3.8, 4) is 5.75 Å². The summed E-state index contributed by atoms with van der Waals surface area (Å²) in [5.41, 5.74) is 1.88. The summed E-state index contributed by atoms with van der Waals surface area (Å²) in [4.78, 5) is 42.4. The summed E-state index contributed by atoms with van der Waals surface area (Å²) >= 11 is 2.44. The van der Waals surface area contributed by atoms with Crippen molar-refractivity contribution in [3.63, 3.8) is 0 Å². The van der Waals surface area contributed by atoms with E-state index in [4.69, 9.17) is 14.5 Å². The van der Waals surface area contributed by atoms with E-state index in [-0.39, 0.29) is 24.4 Å². The minimum absolute atomic E-state index is 0.0000875. The maximum Gasteiger partial charge on any atom is 0.348 e. The van der Waals surface area contributed by atoms with Gasteiger partial charge in [-0.25, -0.2) is 9.78 Å². The summed E-state index contributed by atoms with van der Waals surface area (Å²) in [6, 6.07) is 13.7. The normalized spacial score (nSPS) is 11.0. The first-order valence-electron chi connectivity index (χ1n) is 11.0. The van der Waals surface area contributed by atoms with Gasteiger partial charge in [0.1, 0.15) is 15.5 Å². The molecule has 2 aromatic carbocycles. The van der Waals surface area contributed by atoms with E-state index in [1.54, 1.807) is 37.7 Å². The molecule has 0 aliphatic carbocycles. The van der Waals surface area contributed by atoms with Gasteiger partial charge in [0.25, 0.3) is 11.2 Å². The molecule has 0 unspecified atom stereocenters. The number of thiophene rings is 1. The average molecular weight is 526 g/mol. The molecule has 2 heterocycles. The summed E-state index contributed by atoms with van der Waals surface area (Å²) in [6.07, 6.45) is 0. The number of aryl methyl sites for hydroxylation is 1. The number of non-ortho nitro benzene ring substituents is 1. The number of esters is 1. The van der Waals surface area contributed by atoms with Crippen LogP contribution < -0.4 is 10.3 Å². The average Bonchev–Trinajstić information content (AvgIpc) is 3.21. The van der Waals surface area contributed by atoms with E-state index in [2.05, 4.69) is 0 Å². The maximum atomic E-state index is 13.7. The van der Waals surface area contributed by atoms with Gasteiger partial charge in [-0.15, -0.1) is 11.3 Å². The van der Waals surface area contributed by atoms with Crippen LogP contribution in [0.5, 0.6) is 5.75 Å². The summed E-state index contributed by atoms with van der Waals surface area (Å²) < 4.78 is 11.9. The van der Waals surface area contributed by atoms with Crippen molar-refractivity contribution in [2.45, 2.75) is 31.3 Å². The van der Waals surface area contributed by atoms with E-state index in [1.807, 2.05) is 24.3 Å². The summed E-state index contributed by atoms with van der Waals surface area (Å²) in [5.74, 6) is 0.592. The van der Waals surface area contributed by atoms with E-state index in [0.29, 0.717) is 37.3 Å². The van der Waals surface area contributed by atoms with Gasteiger partial charge in [-0.3, -0.25) is 19.5 Å². The molecule has 4 aromatic rings. The van der Waals surface area contributed by atoms with E-state index in [1.165, 1.54) is 23.9 Å². The Labute approximate surface area is 214 Å². The Hall–Kier alpha value is -3.70. The lowest BCUT2D eigenvalue weighted by Crippen LogP contribution is -2.24. The zero-order chi connectivity index (χ0) is 25.8. The third-order valence-corrected chi connectivity index (χ3v) is 7.68. The van der Waals surface area contributed by atoms with E-state index < -0.39 is 10.9 Å². The molecule has 0 radical (unpaired) electrons. The Morgan fingerprint density at radius 1 is 1.19 bits per heavy atom. The first-order valence-corrected chi connectivity index (χ1v) is 12.8. The van der Waals surface area contributed by atoms with Crippen molar-refractivity contribution in [2.75, 3.05) is 13.7 Å². The maximum absolute atomic E-state index is 13.7. The van der Waals surface area contributed by atoms with Crippen molar-refractivity contribution in [1.82, 2.24) is 9.55 Å². The van der Waals surface area contributed by atoms with Gasteiger partial charge in [-0.1, -0.05) is 36.0 Å². The SMILES string of the molecule is CCOC(=O)c1sc2nc(SCc3cccc([N+](=O)[O-])c3)n(Cc3ccc(OC)cc3)c(=O)c2c1C. The fourth-order valence-electron chi connectivity index (χ4n) is 3.66. The van der Waals surface area contributed by atoms with Crippen LogP contribution in [0.1, 0.15) is 33.3 Å². The van der Waals surface area contributed by atoms with Gasteiger partial charge in [-0.05, 0) is 42.7 Å². The smallest absolute Gasteiger partial charge is 0.348 e. The fourth-order valence-corrected chi connectivity index (χ4v) is 5.72. The van der Waals surface area contributed by atoms with Gasteiger partial charge >= 0.3 is 5.97 Å². The number of hydrogen-bond acceptors (Lipinski definition) is 9. The Morgan fingerprint density at radius 2 is 1.94 bits per heavy atom. The second kappa shape index (κ2) is 10.9. The highest BCUT2D eigenvalue weighted by molar-refractivity contribution is 7.98. The third-order valence-electron chi connectivity index (χ3n) is 5.47. The summed E-state index contributed by atoms with van der Waals surface area (Å²) in [6.45, 7) is 3.93. The second-order valence-corrected chi connectivity index (χ2v) is 9.75. The zero-order valence-electron chi connectivity index (χ0n) is 19.8. The number of methoxy groups -OCH3 is 1. The lowest BCUT2D eigenvalue weighted by molar-refractivity contribution is -0.384. The molecule has 0 spiro atoms. The monoisotopic (exact) mass is 525 g/mol. The van der Waals surface area contributed by atoms with Crippen LogP contribution in [-0.2, 0) is 17.0 Å². The van der Waals surface area contributed by atoms with Crippen LogP contribution in [0.2, 0.25) is 0 Å². The molecule has 4 rings (SSSR count). The number of carbonyl (C=O) groups is 1. The van der Waals surface area contributed by atoms with Crippen LogP contribution >= 0.6 is 23.1 Å². The van der Waals surface area contributed by atoms with Crippen LogP contribution in [0.3, 0.4) is 0 Å². The molecule has 0 N–H and O–H groups in total. The Kier molecular flexibility index (Phi) is 7.70. The number of aromatic nitrogens is 2. The van der Waals surface area contributed by atoms with Crippen molar-refractivity contribution in [1.29, 1.82) is 0 Å². The Balaban J connectivity index is 1.78. The molecule has 0 saturated carbocycles. The highest BCUT2D eigenvalue weighted by Gasteiger charge is 2.23. The second-order valence-electron chi connectivity index (χ2n) is 7.81. The minimum atomic E-state index is -0.482. The summed E-state index contributed by atoms with van der Waals surface area (Å²) in [5, 5.41) is 12.0. The first-order chi connectivity index (χ1) is 17.3. The molecule has 9 nitrogen and oxygen atoms in total. The van der Waals surface area contributed by atoms with E-state index in [0.717, 1.165) is 22.5 Å². The number of rotatable bonds is 9. The van der Waals surface area contributed by atoms with Gasteiger partial charge < -0.3 is 9.47 Å². The lowest BCUT2D eigenvalue weighted by Gasteiger charge is -2.13. The largest absolute Gasteiger partial charge is 0.497 e. The molecule has 36 heavy (non-hydrogen) atoms. The molecular formula is C25H23N3O6S2. The van der Waals surface area contributed by atoms with Crippen molar-refractivity contribution in [3.05, 3.63) is 90.6 Å². The highest BCUT2D eigenvalue weighted by atomic mass is 32.2. The number of benzene rings is 2. The Bertz CT molecular complexity index is 1490. The molecule has 0 fully saturated rings. The predicted octanol–water partition coefficient (Wildman–Crippen LogP) is 5.20. The number of thioether (sulfide) groups is 1. The van der Waals surface area contributed by atoms with Gasteiger partial charge in [0.2, 0.25) is 0 Å². The van der Waals surface area contributed by atoms with Crippen LogP contribution in [0.25, 0.3) is 10.2 Å². The molecular weight excluding hydrogens is 502 g/mol. The van der Waals surface area contributed by atoms with Crippen molar-refractivity contribution < 1.29 is 19.2 Å². The molecule has 0 bridgehead atoms. The molecule has 0 saturated heterocycles. The van der Waals surface area contributed by atoms with Gasteiger partial charge in [-0.2, -0.15) is 0 Å². The zero-order valence-corrected chi connectivity index (χ0v) is 21.5. The standard InChI is InChI=1S/C25H23N3O6S2/c1-4-34-24(30)21-15(2)20-22(36-21)26-25(35-14-17-6-5-7-18(12-17)28(31)32)27(23(20)29)13-16-8-10-19(33-3)11-9-16/h5-12H,4,13-14H2,1-3H3. The van der Waals surface area contributed by atoms with Crippen LogP contribution in [-0.4, -0.2) is 34.2 Å². The Morgan fingerprint density at radius 3 is 2.61 bits per heavy atom. The minimum Gasteiger partial charge on any atom is -0.497 e. The van der Waals surface area contributed by atoms with Gasteiger partial charge in [0.05, 0.1) is 30.6 Å². The quantitative estimate of drug-likeness (QED) is 0.0963. The molecule has 0 atom stereocenters. The topological polar surface area (TPSA) is 114 Å². The number of carbonyl (C=O) groups excluding carboxylic acids is 1. The molecule has 11 heteroatoms. The van der Waals surface area contributed by atoms with Gasteiger partial charge in [0.15, 0.2) is 5.16 Å².